The van der Waals surface area contributed by atoms with Crippen molar-refractivity contribution in [2.24, 2.45) is 0 Å². The van der Waals surface area contributed by atoms with Crippen LogP contribution in [0.25, 0.3) is 22.5 Å². The number of hydrogen-bond acceptors (Lipinski definition) is 7. The maximum absolute atomic E-state index is 6.85. The maximum atomic E-state index is 6.85. The Balaban J connectivity index is 1.20. The third-order valence-corrected chi connectivity index (χ3v) is 8.46. The van der Waals surface area contributed by atoms with Gasteiger partial charge in [0.2, 0.25) is 0 Å². The van der Waals surface area contributed by atoms with Crippen LogP contribution in [0.2, 0.25) is 5.15 Å². The van der Waals surface area contributed by atoms with Crippen LogP contribution in [0.1, 0.15) is 36.8 Å². The number of aromatic nitrogens is 6. The predicted octanol–water partition coefficient (Wildman–Crippen LogP) is 6.11. The Labute approximate surface area is 257 Å². The van der Waals surface area contributed by atoms with Gasteiger partial charge in [-0.3, -0.25) is 4.90 Å². The minimum Gasteiger partial charge on any atom is -0.495 e. The number of anilines is 1. The highest BCUT2D eigenvalue weighted by Crippen LogP contribution is 2.31. The van der Waals surface area contributed by atoms with E-state index in [1.165, 1.54) is 5.56 Å². The number of halogens is 1. The first-order valence-electron chi connectivity index (χ1n) is 14.9. The molecule has 0 unspecified atom stereocenters. The Hall–Kier alpha value is -4.21. The van der Waals surface area contributed by atoms with E-state index >= 15 is 0 Å². The van der Waals surface area contributed by atoms with Gasteiger partial charge in [-0.1, -0.05) is 85.6 Å². The van der Waals surface area contributed by atoms with E-state index < -0.39 is 0 Å². The summed E-state index contributed by atoms with van der Waals surface area (Å²) in [4.78, 5) is 9.73. The van der Waals surface area contributed by atoms with Crippen molar-refractivity contribution in [3.05, 3.63) is 95.0 Å². The minimum absolute atomic E-state index is 0.615. The van der Waals surface area contributed by atoms with Crippen molar-refractivity contribution in [2.45, 2.75) is 39.3 Å². The van der Waals surface area contributed by atoms with Gasteiger partial charge in [0.25, 0.3) is 0 Å². The van der Waals surface area contributed by atoms with Crippen LogP contribution < -0.4 is 9.64 Å². The first-order valence-corrected chi connectivity index (χ1v) is 15.3. The molecule has 1 N–H and O–H groups in total. The van der Waals surface area contributed by atoms with Gasteiger partial charge in [0.15, 0.2) is 11.0 Å². The minimum atomic E-state index is 0.615. The monoisotopic (exact) mass is 596 g/mol. The molecule has 1 fully saturated rings. The molecule has 3 heterocycles. The van der Waals surface area contributed by atoms with Crippen LogP contribution in [-0.2, 0) is 19.5 Å². The van der Waals surface area contributed by atoms with E-state index in [0.717, 1.165) is 98.2 Å². The molecule has 0 atom stereocenters. The summed E-state index contributed by atoms with van der Waals surface area (Å²) in [7, 11) is 1.73. The van der Waals surface area contributed by atoms with Gasteiger partial charge in [0.05, 0.1) is 18.5 Å². The Bertz CT molecular complexity index is 1630. The fraction of sp³-hybridized carbons (Fsp3) is 0.333. The first kappa shape index (κ1) is 28.9. The molecular weight excluding hydrogens is 560 g/mol. The summed E-state index contributed by atoms with van der Waals surface area (Å²) in [6.45, 7) is 7.46. The number of rotatable bonds is 11. The van der Waals surface area contributed by atoms with Crippen LogP contribution in [0, 0.1) is 0 Å². The van der Waals surface area contributed by atoms with E-state index in [2.05, 4.69) is 84.4 Å². The molecule has 0 bridgehead atoms. The summed E-state index contributed by atoms with van der Waals surface area (Å²) in [6, 6.07) is 25.1. The number of ether oxygens (including phenoxy) is 1. The molecule has 10 heteroatoms. The van der Waals surface area contributed by atoms with Gasteiger partial charge in [-0.15, -0.1) is 5.10 Å². The SMILES string of the molecule is CCCCc1nc(Cl)c(CN2CCN(c3ccccc3OC)CC2)n1Cc1ccc(-c2ccccc2-c2nnn[nH]2)cc1. The van der Waals surface area contributed by atoms with E-state index in [1.807, 2.05) is 30.3 Å². The van der Waals surface area contributed by atoms with Gasteiger partial charge >= 0.3 is 0 Å². The van der Waals surface area contributed by atoms with Crippen LogP contribution in [-0.4, -0.2) is 68.4 Å². The van der Waals surface area contributed by atoms with Crippen LogP contribution >= 0.6 is 11.6 Å². The van der Waals surface area contributed by atoms with Gasteiger partial charge in [-0.25, -0.2) is 10.1 Å². The fourth-order valence-corrected chi connectivity index (χ4v) is 6.06. The van der Waals surface area contributed by atoms with Crippen molar-refractivity contribution in [2.75, 3.05) is 38.2 Å². The number of aromatic amines is 1. The third-order valence-electron chi connectivity index (χ3n) is 8.16. The molecule has 43 heavy (non-hydrogen) atoms. The Morgan fingerprint density at radius 1 is 0.884 bits per heavy atom. The number of methoxy groups -OCH3 is 1. The van der Waals surface area contributed by atoms with Crippen LogP contribution in [0.3, 0.4) is 0 Å². The molecule has 1 aliphatic heterocycles. The fourth-order valence-electron chi connectivity index (χ4n) is 5.80. The van der Waals surface area contributed by atoms with E-state index in [0.29, 0.717) is 11.0 Å². The molecule has 0 aliphatic carbocycles. The van der Waals surface area contributed by atoms with Crippen LogP contribution in [0.4, 0.5) is 5.69 Å². The zero-order valence-electron chi connectivity index (χ0n) is 24.7. The van der Waals surface area contributed by atoms with Gasteiger partial charge in [0.1, 0.15) is 11.6 Å². The lowest BCUT2D eigenvalue weighted by molar-refractivity contribution is 0.243. The average molecular weight is 597 g/mol. The molecule has 1 aliphatic rings. The summed E-state index contributed by atoms with van der Waals surface area (Å²) < 4.78 is 7.95. The third kappa shape index (κ3) is 6.43. The van der Waals surface area contributed by atoms with E-state index in [4.69, 9.17) is 21.3 Å². The van der Waals surface area contributed by atoms with E-state index in [1.54, 1.807) is 7.11 Å². The molecule has 0 radical (unpaired) electrons. The standard InChI is InChI=1S/C33H37ClN8O/c1-3-4-13-31-35-32(34)29(23-40-18-20-41(21-19-40)28-11-7-8-12-30(28)43-2)42(31)22-24-14-16-25(17-15-24)26-9-5-6-10-27(26)33-36-38-39-37-33/h5-12,14-17H,3-4,13,18-23H2,1-2H3,(H,36,37,38,39). The number of aryl methyl sites for hydroxylation is 1. The summed E-state index contributed by atoms with van der Waals surface area (Å²) in [5.74, 6) is 2.63. The van der Waals surface area contributed by atoms with E-state index in [9.17, 15) is 0 Å². The number of unbranched alkanes of at least 4 members (excludes halogenated alkanes) is 1. The molecule has 0 spiro atoms. The lowest BCUT2D eigenvalue weighted by Crippen LogP contribution is -2.46. The number of hydrogen-bond donors (Lipinski definition) is 1. The van der Waals surface area contributed by atoms with Gasteiger partial charge in [-0.2, -0.15) is 0 Å². The van der Waals surface area contributed by atoms with Crippen molar-refractivity contribution < 1.29 is 4.74 Å². The smallest absolute Gasteiger partial charge is 0.180 e. The summed E-state index contributed by atoms with van der Waals surface area (Å²) in [6.07, 6.45) is 3.10. The van der Waals surface area contributed by atoms with Gasteiger partial charge in [-0.05, 0) is 45.7 Å². The number of para-hydroxylation sites is 2. The lowest BCUT2D eigenvalue weighted by Gasteiger charge is -2.36. The summed E-state index contributed by atoms with van der Waals surface area (Å²) in [5.41, 5.74) is 6.60. The van der Waals surface area contributed by atoms with Crippen molar-refractivity contribution in [3.8, 4) is 28.3 Å². The maximum Gasteiger partial charge on any atom is 0.180 e. The molecule has 222 valence electrons. The van der Waals surface area contributed by atoms with E-state index in [-0.39, 0.29) is 0 Å². The molecule has 6 rings (SSSR count). The largest absolute Gasteiger partial charge is 0.495 e. The summed E-state index contributed by atoms with van der Waals surface area (Å²) in [5, 5.41) is 15.1. The topological polar surface area (TPSA) is 88.0 Å². The Morgan fingerprint density at radius 3 is 2.35 bits per heavy atom. The van der Waals surface area contributed by atoms with Crippen molar-refractivity contribution in [3.63, 3.8) is 0 Å². The van der Waals surface area contributed by atoms with Crippen molar-refractivity contribution in [1.29, 1.82) is 0 Å². The number of imidazole rings is 1. The number of tetrazole rings is 1. The molecule has 3 aromatic carbocycles. The highest BCUT2D eigenvalue weighted by molar-refractivity contribution is 6.30. The molecule has 1 saturated heterocycles. The molecular formula is C33H37ClN8O. The second-order valence-electron chi connectivity index (χ2n) is 10.9. The number of H-pyrrole nitrogens is 1. The average Bonchev–Trinajstić information content (AvgIpc) is 3.69. The number of piperazine rings is 1. The molecule has 5 aromatic rings. The second-order valence-corrected chi connectivity index (χ2v) is 11.2. The zero-order chi connectivity index (χ0) is 29.6. The second kappa shape index (κ2) is 13.4. The number of benzene rings is 3. The first-order chi connectivity index (χ1) is 21.1. The number of nitrogens with one attached hydrogen (secondary N) is 1. The highest BCUT2D eigenvalue weighted by atomic mass is 35.5. The van der Waals surface area contributed by atoms with Gasteiger partial charge < -0.3 is 14.2 Å². The Morgan fingerprint density at radius 2 is 1.63 bits per heavy atom. The number of nitrogens with zero attached hydrogens (tertiary/aromatic N) is 7. The Kier molecular flexibility index (Phi) is 9.00. The zero-order valence-corrected chi connectivity index (χ0v) is 25.5. The molecule has 9 nitrogen and oxygen atoms in total. The van der Waals surface area contributed by atoms with Crippen molar-refractivity contribution >= 4 is 17.3 Å². The molecule has 0 amide bonds. The highest BCUT2D eigenvalue weighted by Gasteiger charge is 2.23. The normalized spacial score (nSPS) is 13.9. The van der Waals surface area contributed by atoms with Crippen LogP contribution in [0.15, 0.2) is 72.8 Å². The van der Waals surface area contributed by atoms with Crippen LogP contribution in [0.5, 0.6) is 5.75 Å². The van der Waals surface area contributed by atoms with Crippen molar-refractivity contribution in [1.82, 2.24) is 35.1 Å². The summed E-state index contributed by atoms with van der Waals surface area (Å²) >= 11 is 6.85. The van der Waals surface area contributed by atoms with Gasteiger partial charge in [0, 0.05) is 51.3 Å². The quantitative estimate of drug-likeness (QED) is 0.197. The molecule has 0 saturated carbocycles. The predicted molar refractivity (Wildman–Crippen MR) is 170 cm³/mol. The lowest BCUT2D eigenvalue weighted by atomic mass is 9.98. The molecule has 2 aromatic heterocycles.